The molecule has 2 aromatic heterocycles. The number of aromatic nitrogens is 3. The van der Waals surface area contributed by atoms with E-state index in [0.717, 1.165) is 10.5 Å². The van der Waals surface area contributed by atoms with E-state index in [1.165, 1.54) is 11.8 Å². The number of aromatic amines is 1. The van der Waals surface area contributed by atoms with Crippen LogP contribution >= 0.6 is 11.3 Å². The van der Waals surface area contributed by atoms with Crippen molar-refractivity contribution in [2.45, 2.75) is 13.1 Å². The van der Waals surface area contributed by atoms with Crippen molar-refractivity contribution in [2.24, 2.45) is 0 Å². The lowest BCUT2D eigenvalue weighted by Crippen LogP contribution is -2.21. The zero-order chi connectivity index (χ0) is 19.7. The largest absolute Gasteiger partial charge is 0.493 e. The van der Waals surface area contributed by atoms with E-state index in [1.54, 1.807) is 30.6 Å². The first-order valence-electron chi connectivity index (χ1n) is 8.75. The Balaban J connectivity index is 1.58. The van der Waals surface area contributed by atoms with Crippen LogP contribution < -0.4 is 15.0 Å². The number of benzene rings is 2. The summed E-state index contributed by atoms with van der Waals surface area (Å²) in [6.45, 7) is 1.17. The third kappa shape index (κ3) is 3.56. The zero-order valence-corrected chi connectivity index (χ0v) is 16.7. The van der Waals surface area contributed by atoms with Gasteiger partial charge in [-0.05, 0) is 25.2 Å². The minimum atomic E-state index is -0.200. The highest BCUT2D eigenvalue weighted by atomic mass is 32.1. The molecule has 4 rings (SSSR count). The highest BCUT2D eigenvalue weighted by molar-refractivity contribution is 7.18. The van der Waals surface area contributed by atoms with Crippen LogP contribution in [-0.4, -0.2) is 41.1 Å². The number of ether oxygens (including phenoxy) is 2. The van der Waals surface area contributed by atoms with Crippen LogP contribution in [0.4, 0.5) is 0 Å². The molecule has 2 heterocycles. The first-order valence-corrected chi connectivity index (χ1v) is 9.57. The van der Waals surface area contributed by atoms with Crippen LogP contribution in [0.15, 0.2) is 41.2 Å². The fourth-order valence-electron chi connectivity index (χ4n) is 3.12. The van der Waals surface area contributed by atoms with Gasteiger partial charge in [0, 0.05) is 6.07 Å². The van der Waals surface area contributed by atoms with Crippen molar-refractivity contribution in [2.75, 3.05) is 21.3 Å². The molecule has 0 spiro atoms. The Kier molecular flexibility index (Phi) is 4.97. The number of thiazole rings is 1. The SMILES string of the molecule is COc1cc2nc(CN(C)Cc3nc4ccccc4s3)[nH]c(=O)c2cc1OC. The molecule has 1 N–H and O–H groups in total. The Morgan fingerprint density at radius 3 is 2.54 bits per heavy atom. The van der Waals surface area contributed by atoms with Crippen molar-refractivity contribution in [1.82, 2.24) is 19.9 Å². The first-order chi connectivity index (χ1) is 13.6. The van der Waals surface area contributed by atoms with E-state index in [1.807, 2.05) is 25.2 Å². The number of fused-ring (bicyclic) bond motifs is 2. The second-order valence-corrected chi connectivity index (χ2v) is 7.60. The van der Waals surface area contributed by atoms with E-state index >= 15 is 0 Å². The van der Waals surface area contributed by atoms with Crippen molar-refractivity contribution >= 4 is 32.5 Å². The number of para-hydroxylation sites is 1. The summed E-state index contributed by atoms with van der Waals surface area (Å²) >= 11 is 1.68. The molecule has 0 aliphatic heterocycles. The Labute approximate surface area is 165 Å². The van der Waals surface area contributed by atoms with Crippen LogP contribution in [0, 0.1) is 0 Å². The van der Waals surface area contributed by atoms with Gasteiger partial charge in [-0.1, -0.05) is 12.1 Å². The maximum Gasteiger partial charge on any atom is 0.258 e. The average molecular weight is 396 g/mol. The molecule has 2 aromatic carbocycles. The third-order valence-electron chi connectivity index (χ3n) is 4.42. The Hall–Kier alpha value is -2.97. The normalized spacial score (nSPS) is 11.4. The van der Waals surface area contributed by atoms with Crippen molar-refractivity contribution in [3.8, 4) is 11.5 Å². The highest BCUT2D eigenvalue weighted by Crippen LogP contribution is 2.30. The fraction of sp³-hybridized carbons (Fsp3) is 0.250. The van der Waals surface area contributed by atoms with Gasteiger partial charge >= 0.3 is 0 Å². The second-order valence-electron chi connectivity index (χ2n) is 6.48. The van der Waals surface area contributed by atoms with Crippen molar-refractivity contribution in [1.29, 1.82) is 0 Å². The average Bonchev–Trinajstić information content (AvgIpc) is 3.09. The van der Waals surface area contributed by atoms with Gasteiger partial charge in [-0.3, -0.25) is 9.69 Å². The second kappa shape index (κ2) is 7.57. The van der Waals surface area contributed by atoms with E-state index in [2.05, 4.69) is 25.9 Å². The predicted octanol–water partition coefficient (Wildman–Crippen LogP) is 3.18. The quantitative estimate of drug-likeness (QED) is 0.539. The van der Waals surface area contributed by atoms with E-state index < -0.39 is 0 Å². The first kappa shape index (κ1) is 18.4. The summed E-state index contributed by atoms with van der Waals surface area (Å²) in [6.07, 6.45) is 0. The van der Waals surface area contributed by atoms with Crippen LogP contribution in [0.3, 0.4) is 0 Å². The van der Waals surface area contributed by atoms with Gasteiger partial charge < -0.3 is 14.5 Å². The third-order valence-corrected chi connectivity index (χ3v) is 5.44. The molecule has 8 heteroatoms. The summed E-state index contributed by atoms with van der Waals surface area (Å²) in [6, 6.07) is 11.5. The van der Waals surface area contributed by atoms with Gasteiger partial charge in [-0.25, -0.2) is 9.97 Å². The summed E-state index contributed by atoms with van der Waals surface area (Å²) < 4.78 is 11.8. The molecular weight excluding hydrogens is 376 g/mol. The summed E-state index contributed by atoms with van der Waals surface area (Å²) in [5, 5.41) is 1.49. The van der Waals surface area contributed by atoms with E-state index in [-0.39, 0.29) is 5.56 Å². The molecule has 0 saturated carbocycles. The lowest BCUT2D eigenvalue weighted by molar-refractivity contribution is 0.310. The molecule has 0 bridgehead atoms. The number of nitrogens with zero attached hydrogens (tertiary/aromatic N) is 3. The maximum atomic E-state index is 12.5. The van der Waals surface area contributed by atoms with E-state index in [4.69, 9.17) is 9.47 Å². The minimum Gasteiger partial charge on any atom is -0.493 e. The number of nitrogens with one attached hydrogen (secondary N) is 1. The fourth-order valence-corrected chi connectivity index (χ4v) is 4.17. The van der Waals surface area contributed by atoms with E-state index in [0.29, 0.717) is 41.3 Å². The van der Waals surface area contributed by atoms with Gasteiger partial charge in [0.05, 0.1) is 48.4 Å². The summed E-state index contributed by atoms with van der Waals surface area (Å²) in [4.78, 5) is 26.7. The molecule has 4 aromatic rings. The van der Waals surface area contributed by atoms with Gasteiger partial charge in [-0.15, -0.1) is 11.3 Å². The van der Waals surface area contributed by atoms with Crippen molar-refractivity contribution < 1.29 is 9.47 Å². The summed E-state index contributed by atoms with van der Waals surface area (Å²) in [5.74, 6) is 1.64. The molecule has 0 unspecified atom stereocenters. The topological polar surface area (TPSA) is 80.3 Å². The Bertz CT molecular complexity index is 1170. The van der Waals surface area contributed by atoms with Gasteiger partial charge in [0.1, 0.15) is 10.8 Å². The van der Waals surface area contributed by atoms with Crippen molar-refractivity contribution in [3.05, 3.63) is 57.6 Å². The van der Waals surface area contributed by atoms with Crippen LogP contribution in [0.1, 0.15) is 10.8 Å². The predicted molar refractivity (Wildman–Crippen MR) is 110 cm³/mol. The lowest BCUT2D eigenvalue weighted by atomic mass is 10.2. The molecule has 144 valence electrons. The standard InChI is InChI=1S/C20H20N4O3S/c1-24(11-19-22-13-6-4-5-7-17(13)28-19)10-18-21-14-9-16(27-3)15(26-2)8-12(14)20(25)23-18/h4-9H,10-11H2,1-3H3,(H,21,23,25). The van der Waals surface area contributed by atoms with Gasteiger partial charge in [0.2, 0.25) is 0 Å². The number of hydrogen-bond acceptors (Lipinski definition) is 7. The number of methoxy groups -OCH3 is 2. The van der Waals surface area contributed by atoms with Crippen molar-refractivity contribution in [3.63, 3.8) is 0 Å². The van der Waals surface area contributed by atoms with Gasteiger partial charge in [0.15, 0.2) is 11.5 Å². The van der Waals surface area contributed by atoms with Crippen LogP contribution in [0.2, 0.25) is 0 Å². The molecule has 0 radical (unpaired) electrons. The number of hydrogen-bond donors (Lipinski definition) is 1. The van der Waals surface area contributed by atoms with Crippen LogP contribution in [0.25, 0.3) is 21.1 Å². The van der Waals surface area contributed by atoms with Gasteiger partial charge in [0.25, 0.3) is 5.56 Å². The maximum absolute atomic E-state index is 12.5. The zero-order valence-electron chi connectivity index (χ0n) is 15.9. The smallest absolute Gasteiger partial charge is 0.258 e. The highest BCUT2D eigenvalue weighted by Gasteiger charge is 2.13. The Morgan fingerprint density at radius 1 is 1.04 bits per heavy atom. The number of H-pyrrole nitrogens is 1. The molecule has 0 fully saturated rings. The van der Waals surface area contributed by atoms with Crippen LogP contribution in [-0.2, 0) is 13.1 Å². The Morgan fingerprint density at radius 2 is 1.79 bits per heavy atom. The lowest BCUT2D eigenvalue weighted by Gasteiger charge is -2.15. The summed E-state index contributed by atoms with van der Waals surface area (Å²) in [7, 11) is 5.07. The molecule has 0 aliphatic carbocycles. The molecule has 0 saturated heterocycles. The molecular formula is C20H20N4O3S. The van der Waals surface area contributed by atoms with E-state index in [9.17, 15) is 4.79 Å². The molecule has 0 aliphatic rings. The van der Waals surface area contributed by atoms with Crippen LogP contribution in [0.5, 0.6) is 11.5 Å². The molecule has 0 atom stereocenters. The minimum absolute atomic E-state index is 0.200. The molecule has 7 nitrogen and oxygen atoms in total. The molecule has 0 amide bonds. The molecule has 28 heavy (non-hydrogen) atoms. The summed E-state index contributed by atoms with van der Waals surface area (Å²) in [5.41, 5.74) is 1.38. The van der Waals surface area contributed by atoms with Gasteiger partial charge in [-0.2, -0.15) is 0 Å². The monoisotopic (exact) mass is 396 g/mol. The number of rotatable bonds is 6.